The molecule has 0 radical (unpaired) electrons. The molecule has 0 unspecified atom stereocenters. The van der Waals surface area contributed by atoms with Crippen LogP contribution in [0.2, 0.25) is 0 Å². The van der Waals surface area contributed by atoms with Gasteiger partial charge in [-0.3, -0.25) is 4.79 Å². The molecule has 2 aromatic rings. The molecule has 0 amide bonds. The molecule has 1 aromatic carbocycles. The molecule has 8 heteroatoms. The minimum Gasteiger partial charge on any atom is -0.462 e. The fourth-order valence-electron chi connectivity index (χ4n) is 4.05. The van der Waals surface area contributed by atoms with Crippen molar-refractivity contribution < 1.29 is 19.0 Å². The van der Waals surface area contributed by atoms with Gasteiger partial charge >= 0.3 is 0 Å². The fraction of sp³-hybridized carbons (Fsp3) is 0.581. The van der Waals surface area contributed by atoms with Crippen molar-refractivity contribution in [1.29, 1.82) is 5.26 Å². The van der Waals surface area contributed by atoms with Gasteiger partial charge in [-0.05, 0) is 63.5 Å². The van der Waals surface area contributed by atoms with E-state index in [1.165, 1.54) is 11.1 Å². The Hall–Kier alpha value is -2.99. The lowest BCUT2D eigenvalue weighted by molar-refractivity contribution is -0.203. The van der Waals surface area contributed by atoms with E-state index in [0.717, 1.165) is 45.0 Å². The third-order valence-electron chi connectivity index (χ3n) is 6.12. The Morgan fingerprint density at radius 2 is 1.69 bits per heavy atom. The first-order valence-electron chi connectivity index (χ1n) is 13.5. The Labute approximate surface area is 234 Å². The second-order valence-electron chi connectivity index (χ2n) is 12.2. The maximum Gasteiger partial charge on any atom is 0.293 e. The van der Waals surface area contributed by atoms with Gasteiger partial charge in [0.25, 0.3) is 6.47 Å². The van der Waals surface area contributed by atoms with Crippen LogP contribution in [-0.2, 0) is 31.0 Å². The van der Waals surface area contributed by atoms with E-state index in [9.17, 15) is 4.79 Å². The van der Waals surface area contributed by atoms with Crippen LogP contribution >= 0.6 is 0 Å². The van der Waals surface area contributed by atoms with E-state index < -0.39 is 0 Å². The molecule has 3 rings (SSSR count). The summed E-state index contributed by atoms with van der Waals surface area (Å²) < 4.78 is 16.5. The first kappa shape index (κ1) is 32.2. The number of anilines is 1. The molecule has 1 aliphatic rings. The Balaban J connectivity index is 0.000000673. The summed E-state index contributed by atoms with van der Waals surface area (Å²) in [5, 5.41) is 9.08. The van der Waals surface area contributed by atoms with Crippen LogP contribution in [0, 0.1) is 17.2 Å². The van der Waals surface area contributed by atoms with Gasteiger partial charge < -0.3 is 24.0 Å². The summed E-state index contributed by atoms with van der Waals surface area (Å²) in [6, 6.07) is 14.6. The summed E-state index contributed by atoms with van der Waals surface area (Å²) in [7, 11) is 4.15. The average molecular weight is 539 g/mol. The number of hydrogen-bond acceptors (Lipinski definition) is 8. The Morgan fingerprint density at radius 3 is 2.13 bits per heavy atom. The maximum absolute atomic E-state index is 9.60. The predicted molar refractivity (Wildman–Crippen MR) is 154 cm³/mol. The van der Waals surface area contributed by atoms with Gasteiger partial charge in [0, 0.05) is 32.0 Å². The highest BCUT2D eigenvalue weighted by molar-refractivity contribution is 5.47. The normalized spacial score (nSPS) is 17.5. The third-order valence-corrected chi connectivity index (χ3v) is 6.12. The van der Waals surface area contributed by atoms with Crippen LogP contribution in [0.4, 0.5) is 5.69 Å². The highest BCUT2D eigenvalue weighted by Crippen LogP contribution is 2.24. The van der Waals surface area contributed by atoms with Crippen LogP contribution < -0.4 is 4.90 Å². The molecule has 1 saturated heterocycles. The molecule has 1 aromatic heterocycles. The monoisotopic (exact) mass is 538 g/mol. The number of aromatic nitrogens is 1. The standard InChI is InChI=1S/C26H36N4O2.C5H10O2/c1-26(2,3)22-8-6-20(7-9-22)17-30(24-11-10-23(14-27)28-15-24)13-12-25-31-18-21(19-32-25)16-29(4)5;1-5(2,3)7-4-6/h6-11,15,21,25H,12-13,16-19H2,1-5H3;4H,1-3H3. The number of carbonyl (C=O) groups excluding carboxylic acids is 1. The fourth-order valence-corrected chi connectivity index (χ4v) is 4.05. The summed E-state index contributed by atoms with van der Waals surface area (Å²) in [5.41, 5.74) is 3.79. The van der Waals surface area contributed by atoms with Gasteiger partial charge in [0.05, 0.1) is 25.1 Å². The maximum atomic E-state index is 9.60. The Kier molecular flexibility index (Phi) is 12.4. The third kappa shape index (κ3) is 12.2. The number of hydrogen-bond donors (Lipinski definition) is 0. The highest BCUT2D eigenvalue weighted by atomic mass is 16.7. The Morgan fingerprint density at radius 1 is 1.05 bits per heavy atom. The van der Waals surface area contributed by atoms with Gasteiger partial charge in [0.1, 0.15) is 17.4 Å². The van der Waals surface area contributed by atoms with Crippen LogP contribution in [0.1, 0.15) is 64.8 Å². The van der Waals surface area contributed by atoms with Crippen LogP contribution in [0.5, 0.6) is 0 Å². The zero-order valence-corrected chi connectivity index (χ0v) is 24.9. The summed E-state index contributed by atoms with van der Waals surface area (Å²) in [5.74, 6) is 0.418. The van der Waals surface area contributed by atoms with E-state index in [4.69, 9.17) is 14.7 Å². The molecule has 2 heterocycles. The first-order valence-corrected chi connectivity index (χ1v) is 13.5. The second-order valence-corrected chi connectivity index (χ2v) is 12.2. The molecule has 0 bridgehead atoms. The van der Waals surface area contributed by atoms with Gasteiger partial charge in [-0.25, -0.2) is 4.98 Å². The van der Waals surface area contributed by atoms with Crippen LogP contribution in [-0.4, -0.2) is 68.6 Å². The van der Waals surface area contributed by atoms with Crippen molar-refractivity contribution in [2.75, 3.05) is 45.3 Å². The number of carbonyl (C=O) groups is 1. The SMILES string of the molecule is CC(C)(C)OC=O.CN(C)CC1COC(CCN(Cc2ccc(C(C)(C)C)cc2)c2ccc(C#N)nc2)OC1. The van der Waals surface area contributed by atoms with Gasteiger partial charge in [0.15, 0.2) is 6.29 Å². The molecule has 1 fully saturated rings. The lowest BCUT2D eigenvalue weighted by atomic mass is 9.87. The number of nitriles is 1. The van der Waals surface area contributed by atoms with Crippen molar-refractivity contribution in [1.82, 2.24) is 9.88 Å². The molecule has 214 valence electrons. The predicted octanol–water partition coefficient (Wildman–Crippen LogP) is 5.16. The molecular formula is C31H46N4O4. The molecule has 0 N–H and O–H groups in total. The second kappa shape index (κ2) is 15.0. The molecule has 0 saturated carbocycles. The van der Waals surface area contributed by atoms with Gasteiger partial charge in [-0.1, -0.05) is 45.0 Å². The number of nitrogens with zero attached hydrogens (tertiary/aromatic N) is 4. The van der Waals surface area contributed by atoms with Gasteiger partial charge in [0.2, 0.25) is 0 Å². The largest absolute Gasteiger partial charge is 0.462 e. The molecule has 39 heavy (non-hydrogen) atoms. The molecule has 8 nitrogen and oxygen atoms in total. The number of ether oxygens (including phenoxy) is 3. The number of pyridine rings is 1. The van der Waals surface area contributed by atoms with Crippen molar-refractivity contribution >= 4 is 12.2 Å². The van der Waals surface area contributed by atoms with Gasteiger partial charge in [-0.15, -0.1) is 0 Å². The van der Waals surface area contributed by atoms with Gasteiger partial charge in [-0.2, -0.15) is 5.26 Å². The molecule has 1 aliphatic heterocycles. The lowest BCUT2D eigenvalue weighted by Crippen LogP contribution is -2.39. The van der Waals surface area contributed by atoms with E-state index in [1.54, 1.807) is 12.3 Å². The van der Waals surface area contributed by atoms with Crippen LogP contribution in [0.25, 0.3) is 0 Å². The van der Waals surface area contributed by atoms with Crippen molar-refractivity contribution in [3.63, 3.8) is 0 Å². The number of rotatable bonds is 9. The molecular weight excluding hydrogens is 492 g/mol. The number of benzene rings is 1. The Bertz CT molecular complexity index is 1030. The highest BCUT2D eigenvalue weighted by Gasteiger charge is 2.23. The van der Waals surface area contributed by atoms with E-state index in [2.05, 4.69) is 84.7 Å². The van der Waals surface area contributed by atoms with Crippen LogP contribution in [0.15, 0.2) is 42.6 Å². The zero-order chi connectivity index (χ0) is 29.1. The van der Waals surface area contributed by atoms with E-state index in [-0.39, 0.29) is 17.3 Å². The summed E-state index contributed by atoms with van der Waals surface area (Å²) in [4.78, 5) is 18.3. The summed E-state index contributed by atoms with van der Waals surface area (Å²) in [6.45, 7) is 16.6. The van der Waals surface area contributed by atoms with E-state index in [1.807, 2.05) is 26.8 Å². The minimum atomic E-state index is -0.318. The first-order chi connectivity index (χ1) is 18.3. The molecule has 0 spiro atoms. The minimum absolute atomic E-state index is 0.134. The van der Waals surface area contributed by atoms with E-state index >= 15 is 0 Å². The zero-order valence-electron chi connectivity index (χ0n) is 24.9. The topological polar surface area (TPSA) is 87.9 Å². The molecule has 0 atom stereocenters. The van der Waals surface area contributed by atoms with Crippen molar-refractivity contribution in [2.24, 2.45) is 5.92 Å². The van der Waals surface area contributed by atoms with Crippen molar-refractivity contribution in [3.05, 3.63) is 59.4 Å². The van der Waals surface area contributed by atoms with Crippen molar-refractivity contribution in [2.45, 2.75) is 71.8 Å². The quantitative estimate of drug-likeness (QED) is 0.405. The lowest BCUT2D eigenvalue weighted by Gasteiger charge is -2.33. The average Bonchev–Trinajstić information content (AvgIpc) is 2.86. The summed E-state index contributed by atoms with van der Waals surface area (Å²) >= 11 is 0. The summed E-state index contributed by atoms with van der Waals surface area (Å²) in [6.07, 6.45) is 2.36. The molecule has 0 aliphatic carbocycles. The van der Waals surface area contributed by atoms with Crippen LogP contribution in [0.3, 0.4) is 0 Å². The van der Waals surface area contributed by atoms with Crippen molar-refractivity contribution in [3.8, 4) is 6.07 Å². The van der Waals surface area contributed by atoms with E-state index in [0.29, 0.717) is 18.1 Å². The smallest absolute Gasteiger partial charge is 0.293 e.